The zero-order valence-corrected chi connectivity index (χ0v) is 10.5. The lowest BCUT2D eigenvalue weighted by atomic mass is 10.1. The molecule has 1 rings (SSSR count). The monoisotopic (exact) mass is 241 g/mol. The van der Waals surface area contributed by atoms with Crippen LogP contribution in [0.5, 0.6) is 5.75 Å². The molecule has 3 nitrogen and oxygen atoms in total. The quantitative estimate of drug-likeness (QED) is 0.797. The summed E-state index contributed by atoms with van der Waals surface area (Å²) in [5, 5.41) is 12.9. The van der Waals surface area contributed by atoms with Crippen LogP contribution in [0, 0.1) is 5.82 Å². The van der Waals surface area contributed by atoms with Crippen LogP contribution >= 0.6 is 0 Å². The highest BCUT2D eigenvalue weighted by atomic mass is 19.1. The maximum Gasteiger partial charge on any atom is 0.165 e. The van der Waals surface area contributed by atoms with Crippen LogP contribution in [-0.4, -0.2) is 30.9 Å². The standard InChI is InChI=1S/C13H20FNO2/c1-9(2)15-8-11(16)6-10-4-5-13(17-3)12(14)7-10/h4-5,7,9,11,15-16H,6,8H2,1-3H3. The van der Waals surface area contributed by atoms with Gasteiger partial charge in [-0.05, 0) is 24.1 Å². The highest BCUT2D eigenvalue weighted by Crippen LogP contribution is 2.18. The normalized spacial score (nSPS) is 12.8. The summed E-state index contributed by atoms with van der Waals surface area (Å²) in [6.45, 7) is 4.53. The number of rotatable bonds is 6. The van der Waals surface area contributed by atoms with E-state index in [1.165, 1.54) is 13.2 Å². The van der Waals surface area contributed by atoms with Crippen molar-refractivity contribution in [2.24, 2.45) is 0 Å². The molecular weight excluding hydrogens is 221 g/mol. The molecule has 0 saturated heterocycles. The molecule has 0 aliphatic heterocycles. The average molecular weight is 241 g/mol. The smallest absolute Gasteiger partial charge is 0.165 e. The van der Waals surface area contributed by atoms with E-state index in [9.17, 15) is 9.50 Å². The van der Waals surface area contributed by atoms with E-state index in [-0.39, 0.29) is 5.75 Å². The molecular formula is C13H20FNO2. The van der Waals surface area contributed by atoms with Gasteiger partial charge < -0.3 is 15.2 Å². The predicted molar refractivity (Wildman–Crippen MR) is 65.8 cm³/mol. The molecule has 0 bridgehead atoms. The average Bonchev–Trinajstić information content (AvgIpc) is 2.26. The molecule has 96 valence electrons. The minimum atomic E-state index is -0.509. The number of aliphatic hydroxyl groups is 1. The fourth-order valence-corrected chi connectivity index (χ4v) is 1.55. The lowest BCUT2D eigenvalue weighted by Crippen LogP contribution is -2.33. The molecule has 1 aromatic carbocycles. The van der Waals surface area contributed by atoms with E-state index < -0.39 is 11.9 Å². The molecule has 0 aliphatic carbocycles. The van der Waals surface area contributed by atoms with Crippen LogP contribution in [0.15, 0.2) is 18.2 Å². The van der Waals surface area contributed by atoms with Crippen molar-refractivity contribution < 1.29 is 14.2 Å². The van der Waals surface area contributed by atoms with E-state index in [1.807, 2.05) is 13.8 Å². The molecule has 1 atom stereocenters. The van der Waals surface area contributed by atoms with Crippen molar-refractivity contribution in [2.75, 3.05) is 13.7 Å². The summed E-state index contributed by atoms with van der Waals surface area (Å²) in [5.74, 6) is -0.169. The van der Waals surface area contributed by atoms with Crippen molar-refractivity contribution in [3.8, 4) is 5.75 Å². The van der Waals surface area contributed by atoms with Crippen LogP contribution in [0.4, 0.5) is 4.39 Å². The van der Waals surface area contributed by atoms with E-state index in [1.54, 1.807) is 12.1 Å². The number of hydrogen-bond donors (Lipinski definition) is 2. The first-order chi connectivity index (χ1) is 8.02. The van der Waals surface area contributed by atoms with Crippen molar-refractivity contribution in [1.82, 2.24) is 5.32 Å². The second kappa shape index (κ2) is 6.57. The number of ether oxygens (including phenoxy) is 1. The third kappa shape index (κ3) is 4.71. The van der Waals surface area contributed by atoms with E-state index in [2.05, 4.69) is 5.32 Å². The topological polar surface area (TPSA) is 41.5 Å². The van der Waals surface area contributed by atoms with Gasteiger partial charge in [-0.25, -0.2) is 4.39 Å². The van der Waals surface area contributed by atoms with Crippen LogP contribution in [0.1, 0.15) is 19.4 Å². The third-order valence-corrected chi connectivity index (χ3v) is 2.45. The molecule has 0 aliphatic rings. The Morgan fingerprint density at radius 1 is 1.41 bits per heavy atom. The second-order valence-electron chi connectivity index (χ2n) is 4.39. The molecule has 0 spiro atoms. The van der Waals surface area contributed by atoms with Gasteiger partial charge in [-0.1, -0.05) is 19.9 Å². The highest BCUT2D eigenvalue weighted by Gasteiger charge is 2.09. The molecule has 0 fully saturated rings. The zero-order chi connectivity index (χ0) is 12.8. The number of benzene rings is 1. The molecule has 0 amide bonds. The number of nitrogens with one attached hydrogen (secondary N) is 1. The first kappa shape index (κ1) is 13.9. The zero-order valence-electron chi connectivity index (χ0n) is 10.5. The van der Waals surface area contributed by atoms with E-state index in [4.69, 9.17) is 4.74 Å². The number of hydrogen-bond acceptors (Lipinski definition) is 3. The fourth-order valence-electron chi connectivity index (χ4n) is 1.55. The molecule has 4 heteroatoms. The summed E-state index contributed by atoms with van der Waals surface area (Å²) < 4.78 is 18.2. The van der Waals surface area contributed by atoms with E-state index in [0.29, 0.717) is 19.0 Å². The Morgan fingerprint density at radius 3 is 2.65 bits per heavy atom. The Kier molecular flexibility index (Phi) is 5.38. The Labute approximate surface area is 102 Å². The van der Waals surface area contributed by atoms with E-state index >= 15 is 0 Å². The van der Waals surface area contributed by atoms with Crippen molar-refractivity contribution in [3.63, 3.8) is 0 Å². The Hall–Kier alpha value is -1.13. The van der Waals surface area contributed by atoms with Crippen LogP contribution < -0.4 is 10.1 Å². The molecule has 0 saturated carbocycles. The number of halogens is 1. The SMILES string of the molecule is COc1ccc(CC(O)CNC(C)C)cc1F. The minimum absolute atomic E-state index is 0.226. The first-order valence-corrected chi connectivity index (χ1v) is 5.76. The molecule has 0 aromatic heterocycles. The molecule has 0 radical (unpaired) electrons. The van der Waals surface area contributed by atoms with Gasteiger partial charge >= 0.3 is 0 Å². The van der Waals surface area contributed by atoms with Gasteiger partial charge in [-0.2, -0.15) is 0 Å². The summed E-state index contributed by atoms with van der Waals surface area (Å²) in [7, 11) is 1.43. The lowest BCUT2D eigenvalue weighted by Gasteiger charge is -2.14. The summed E-state index contributed by atoms with van der Waals surface area (Å²) >= 11 is 0. The van der Waals surface area contributed by atoms with Gasteiger partial charge in [0.25, 0.3) is 0 Å². The highest BCUT2D eigenvalue weighted by molar-refractivity contribution is 5.29. The van der Waals surface area contributed by atoms with Crippen molar-refractivity contribution in [3.05, 3.63) is 29.6 Å². The lowest BCUT2D eigenvalue weighted by molar-refractivity contribution is 0.169. The van der Waals surface area contributed by atoms with Gasteiger partial charge in [0.1, 0.15) is 0 Å². The maximum absolute atomic E-state index is 13.4. The van der Waals surface area contributed by atoms with Gasteiger partial charge in [0.15, 0.2) is 11.6 Å². The molecule has 1 aromatic rings. The fraction of sp³-hybridized carbons (Fsp3) is 0.538. The van der Waals surface area contributed by atoms with Crippen LogP contribution in [-0.2, 0) is 6.42 Å². The van der Waals surface area contributed by atoms with Gasteiger partial charge in [0, 0.05) is 12.6 Å². The van der Waals surface area contributed by atoms with Gasteiger partial charge in [-0.15, -0.1) is 0 Å². The Bertz CT molecular complexity index is 355. The van der Waals surface area contributed by atoms with Crippen LogP contribution in [0.2, 0.25) is 0 Å². The molecule has 17 heavy (non-hydrogen) atoms. The van der Waals surface area contributed by atoms with Crippen molar-refractivity contribution >= 4 is 0 Å². The van der Waals surface area contributed by atoms with E-state index in [0.717, 1.165) is 5.56 Å². The van der Waals surface area contributed by atoms with Gasteiger partial charge in [-0.3, -0.25) is 0 Å². The van der Waals surface area contributed by atoms with Crippen molar-refractivity contribution in [2.45, 2.75) is 32.4 Å². The van der Waals surface area contributed by atoms with Gasteiger partial charge in [0.2, 0.25) is 0 Å². The molecule has 2 N–H and O–H groups in total. The molecule has 1 unspecified atom stereocenters. The Morgan fingerprint density at radius 2 is 2.12 bits per heavy atom. The molecule has 0 heterocycles. The number of methoxy groups -OCH3 is 1. The second-order valence-corrected chi connectivity index (χ2v) is 4.39. The summed E-state index contributed by atoms with van der Waals surface area (Å²) in [4.78, 5) is 0. The van der Waals surface area contributed by atoms with Crippen LogP contribution in [0.25, 0.3) is 0 Å². The summed E-state index contributed by atoms with van der Waals surface area (Å²) in [6.07, 6.45) is -0.0779. The largest absolute Gasteiger partial charge is 0.494 e. The third-order valence-electron chi connectivity index (χ3n) is 2.45. The first-order valence-electron chi connectivity index (χ1n) is 5.76. The van der Waals surface area contributed by atoms with Gasteiger partial charge in [0.05, 0.1) is 13.2 Å². The summed E-state index contributed by atoms with van der Waals surface area (Å²) in [6, 6.07) is 5.07. The summed E-state index contributed by atoms with van der Waals surface area (Å²) in [5.41, 5.74) is 0.765. The maximum atomic E-state index is 13.4. The number of aliphatic hydroxyl groups excluding tert-OH is 1. The Balaban J connectivity index is 2.53. The van der Waals surface area contributed by atoms with Crippen molar-refractivity contribution in [1.29, 1.82) is 0 Å². The predicted octanol–water partition coefficient (Wildman–Crippen LogP) is 1.74. The van der Waals surface area contributed by atoms with Crippen LogP contribution in [0.3, 0.4) is 0 Å². The minimum Gasteiger partial charge on any atom is -0.494 e.